The molecule has 0 bridgehead atoms. The van der Waals surface area contributed by atoms with Crippen LogP contribution in [-0.2, 0) is 46.4 Å². The van der Waals surface area contributed by atoms with Crippen LogP contribution in [0, 0.1) is 10.8 Å². The Morgan fingerprint density at radius 3 is 1.68 bits per heavy atom. The largest absolute Gasteiger partial charge is 0.461 e. The minimum atomic E-state index is -1.37. The number of thiophene rings is 2. The summed E-state index contributed by atoms with van der Waals surface area (Å²) in [6, 6.07) is 15.2. The maximum atomic E-state index is 13.6. The average Bonchev–Trinajstić information content (AvgIpc) is 3.88. The van der Waals surface area contributed by atoms with Crippen molar-refractivity contribution in [3.05, 3.63) is 104 Å². The van der Waals surface area contributed by atoms with Crippen molar-refractivity contribution in [2.75, 3.05) is 13.2 Å². The second-order valence-electron chi connectivity index (χ2n) is 15.0. The summed E-state index contributed by atoms with van der Waals surface area (Å²) in [6.07, 6.45) is -1.02. The summed E-state index contributed by atoms with van der Waals surface area (Å²) < 4.78 is 33.2. The van der Waals surface area contributed by atoms with Crippen molar-refractivity contribution in [2.45, 2.75) is 73.1 Å². The van der Waals surface area contributed by atoms with Gasteiger partial charge in [-0.3, -0.25) is 9.59 Å². The normalized spacial score (nSPS) is 12.1. The second-order valence-corrected chi connectivity index (χ2v) is 16.6. The summed E-state index contributed by atoms with van der Waals surface area (Å²) in [5, 5.41) is 9.25. The van der Waals surface area contributed by atoms with Gasteiger partial charge in [-0.2, -0.15) is 22.7 Å². The predicted octanol–water partition coefficient (Wildman–Crippen LogP) is 7.57. The molecule has 0 saturated heterocycles. The molecule has 2 heterocycles. The SMILES string of the molecule is CC(C)(C)OC(=O)N[C@@H](Cc1ccc(OC(=O)C(C)(C)COC(=O)c2ccsc2)c(OC(=O)C(C)(C)COC(=O)c2ccsc2)c1)C(=O)OCc1ccccc1. The van der Waals surface area contributed by atoms with E-state index in [0.717, 1.165) is 5.56 Å². The van der Waals surface area contributed by atoms with Gasteiger partial charge in [-0.25, -0.2) is 19.2 Å². The fourth-order valence-corrected chi connectivity index (χ4v) is 5.82. The molecule has 298 valence electrons. The van der Waals surface area contributed by atoms with Gasteiger partial charge in [-0.05, 0) is 94.6 Å². The van der Waals surface area contributed by atoms with Gasteiger partial charge in [0.15, 0.2) is 11.5 Å². The van der Waals surface area contributed by atoms with E-state index < -0.39 is 58.4 Å². The number of benzene rings is 2. The summed E-state index contributed by atoms with van der Waals surface area (Å²) in [7, 11) is 0. The number of esters is 5. The molecule has 0 fully saturated rings. The van der Waals surface area contributed by atoms with Gasteiger partial charge in [0.2, 0.25) is 0 Å². The van der Waals surface area contributed by atoms with Crippen LogP contribution in [0.3, 0.4) is 0 Å². The van der Waals surface area contributed by atoms with Crippen molar-refractivity contribution in [3.63, 3.8) is 0 Å². The van der Waals surface area contributed by atoms with E-state index >= 15 is 0 Å². The Kier molecular flexibility index (Phi) is 14.6. The third-order valence-electron chi connectivity index (χ3n) is 7.80. The van der Waals surface area contributed by atoms with Crippen LogP contribution in [0.5, 0.6) is 11.5 Å². The molecular formula is C41H45NO12S2. The van der Waals surface area contributed by atoms with E-state index in [4.69, 9.17) is 28.4 Å². The highest BCUT2D eigenvalue weighted by atomic mass is 32.1. The molecule has 2 aromatic heterocycles. The molecular weight excluding hydrogens is 763 g/mol. The first-order valence-electron chi connectivity index (χ1n) is 17.5. The molecule has 0 aliphatic rings. The summed E-state index contributed by atoms with van der Waals surface area (Å²) in [4.78, 5) is 78.4. The number of carbonyl (C=O) groups is 6. The van der Waals surface area contributed by atoms with E-state index in [0.29, 0.717) is 16.7 Å². The van der Waals surface area contributed by atoms with Crippen molar-refractivity contribution in [1.82, 2.24) is 5.32 Å². The van der Waals surface area contributed by atoms with Crippen LogP contribution >= 0.6 is 22.7 Å². The molecule has 0 unspecified atom stereocenters. The van der Waals surface area contributed by atoms with Crippen molar-refractivity contribution < 1.29 is 57.2 Å². The number of nitrogens with one attached hydrogen (secondary N) is 1. The lowest BCUT2D eigenvalue weighted by Gasteiger charge is -2.25. The molecule has 0 saturated carbocycles. The van der Waals surface area contributed by atoms with Gasteiger partial charge in [0, 0.05) is 17.2 Å². The standard InChI is InChI=1S/C41H45NO12S2/c1-39(2,3)54-38(48)42-30(35(45)49-21-26-11-9-8-10-12-26)19-27-13-14-31(52-36(46)40(4,5)24-50-33(43)28-15-17-55-22-28)32(20-27)53-37(47)41(6,7)25-51-34(44)29-16-18-56-23-29/h8-18,20,22-23,30H,19,21,24-25H2,1-7H3,(H,42,48)/t30-/m0/s1. The number of hydrogen-bond donors (Lipinski definition) is 1. The second kappa shape index (κ2) is 18.9. The van der Waals surface area contributed by atoms with E-state index in [1.165, 1.54) is 68.6 Å². The highest BCUT2D eigenvalue weighted by molar-refractivity contribution is 7.08. The van der Waals surface area contributed by atoms with Crippen LogP contribution in [-0.4, -0.2) is 60.8 Å². The van der Waals surface area contributed by atoms with Crippen LogP contribution in [0.15, 0.2) is 82.2 Å². The van der Waals surface area contributed by atoms with Crippen LogP contribution in [0.25, 0.3) is 0 Å². The van der Waals surface area contributed by atoms with Gasteiger partial charge >= 0.3 is 35.9 Å². The Balaban J connectivity index is 1.59. The molecule has 0 radical (unpaired) electrons. The van der Waals surface area contributed by atoms with E-state index in [-0.39, 0.29) is 37.7 Å². The summed E-state index contributed by atoms with van der Waals surface area (Å²) >= 11 is 2.64. The molecule has 2 aromatic carbocycles. The van der Waals surface area contributed by atoms with Gasteiger partial charge < -0.3 is 33.7 Å². The summed E-state index contributed by atoms with van der Waals surface area (Å²) in [5.74, 6) is -4.01. The molecule has 1 N–H and O–H groups in total. The van der Waals surface area contributed by atoms with Gasteiger partial charge in [-0.15, -0.1) is 0 Å². The Morgan fingerprint density at radius 1 is 0.643 bits per heavy atom. The van der Waals surface area contributed by atoms with E-state index in [1.807, 2.05) is 6.07 Å². The minimum Gasteiger partial charge on any atom is -0.461 e. The lowest BCUT2D eigenvalue weighted by atomic mass is 9.95. The molecule has 4 rings (SSSR count). The van der Waals surface area contributed by atoms with Crippen molar-refractivity contribution in [2.24, 2.45) is 10.8 Å². The Bertz CT molecular complexity index is 1980. The quantitative estimate of drug-likeness (QED) is 0.0671. The highest BCUT2D eigenvalue weighted by Gasteiger charge is 2.36. The Morgan fingerprint density at radius 2 is 1.18 bits per heavy atom. The number of ether oxygens (including phenoxy) is 6. The molecule has 13 nitrogen and oxygen atoms in total. The third kappa shape index (κ3) is 13.0. The van der Waals surface area contributed by atoms with E-state index in [2.05, 4.69) is 5.32 Å². The fourth-order valence-electron chi connectivity index (χ4n) is 4.57. The molecule has 4 aromatic rings. The van der Waals surface area contributed by atoms with Crippen molar-refractivity contribution in [1.29, 1.82) is 0 Å². The predicted molar refractivity (Wildman–Crippen MR) is 208 cm³/mol. The van der Waals surface area contributed by atoms with Crippen LogP contribution in [0.1, 0.15) is 80.3 Å². The Labute approximate surface area is 333 Å². The first kappa shape index (κ1) is 43.2. The highest BCUT2D eigenvalue weighted by Crippen LogP contribution is 2.34. The zero-order valence-electron chi connectivity index (χ0n) is 32.2. The number of amides is 1. The lowest BCUT2D eigenvalue weighted by molar-refractivity contribution is -0.149. The number of alkyl carbamates (subject to hydrolysis) is 1. The zero-order valence-corrected chi connectivity index (χ0v) is 33.8. The third-order valence-corrected chi connectivity index (χ3v) is 9.17. The molecule has 1 atom stereocenters. The van der Waals surface area contributed by atoms with Crippen molar-refractivity contribution >= 4 is 58.6 Å². The number of hydrogen-bond acceptors (Lipinski definition) is 14. The summed E-state index contributed by atoms with van der Waals surface area (Å²) in [6.45, 7) is 10.4. The maximum absolute atomic E-state index is 13.6. The molecule has 56 heavy (non-hydrogen) atoms. The van der Waals surface area contributed by atoms with Gasteiger partial charge in [0.05, 0.1) is 22.0 Å². The first-order chi connectivity index (χ1) is 26.3. The molecule has 15 heteroatoms. The monoisotopic (exact) mass is 807 g/mol. The van der Waals surface area contributed by atoms with Gasteiger partial charge in [0.25, 0.3) is 0 Å². The maximum Gasteiger partial charge on any atom is 0.408 e. The minimum absolute atomic E-state index is 0.0612. The zero-order chi connectivity index (χ0) is 41.1. The smallest absolute Gasteiger partial charge is 0.408 e. The fraction of sp³-hybridized carbons (Fsp3) is 0.366. The van der Waals surface area contributed by atoms with Crippen LogP contribution < -0.4 is 14.8 Å². The molecule has 0 spiro atoms. The van der Waals surface area contributed by atoms with E-state index in [9.17, 15) is 28.8 Å². The van der Waals surface area contributed by atoms with Crippen molar-refractivity contribution in [3.8, 4) is 11.5 Å². The Hall–Kier alpha value is -5.54. The topological polar surface area (TPSA) is 170 Å². The van der Waals surface area contributed by atoms with E-state index in [1.54, 1.807) is 78.7 Å². The van der Waals surface area contributed by atoms with Crippen LogP contribution in [0.2, 0.25) is 0 Å². The molecule has 0 aliphatic carbocycles. The van der Waals surface area contributed by atoms with Crippen LogP contribution in [0.4, 0.5) is 4.79 Å². The molecule has 0 aliphatic heterocycles. The number of rotatable bonds is 16. The summed E-state index contributed by atoms with van der Waals surface area (Å²) in [5.41, 5.74) is -1.80. The van der Waals surface area contributed by atoms with Gasteiger partial charge in [0.1, 0.15) is 31.5 Å². The average molecular weight is 808 g/mol. The first-order valence-corrected chi connectivity index (χ1v) is 19.4. The number of carbonyl (C=O) groups excluding carboxylic acids is 6. The van der Waals surface area contributed by atoms with Gasteiger partial charge in [-0.1, -0.05) is 36.4 Å². The molecule has 1 amide bonds. The lowest BCUT2D eigenvalue weighted by Crippen LogP contribution is -2.45.